The average molecular weight is 342 g/mol. The predicted molar refractivity (Wildman–Crippen MR) is 86.8 cm³/mol. The Balaban J connectivity index is 2.15. The molecule has 3 N–H and O–H groups in total. The lowest BCUT2D eigenvalue weighted by Crippen LogP contribution is -2.26. The number of Topliss-reactive ketones (excluding diaryl/α,β-unsaturated/α-hetero) is 1. The van der Waals surface area contributed by atoms with Crippen LogP contribution < -0.4 is 4.74 Å². The Hall–Kier alpha value is -3.45. The Bertz CT molecular complexity index is 825. The second kappa shape index (κ2) is 7.89. The number of aliphatic hydroxyl groups is 1. The fourth-order valence-electron chi connectivity index (χ4n) is 1.93. The van der Waals surface area contributed by atoms with E-state index < -0.39 is 29.6 Å². The number of carbonyl (C=O) groups is 3. The largest absolute Gasteiger partial charge is 0.504 e. The lowest BCUT2D eigenvalue weighted by atomic mass is 10.1. The van der Waals surface area contributed by atoms with Crippen LogP contribution in [0.5, 0.6) is 11.5 Å². The molecule has 0 fully saturated rings. The number of ketones is 1. The van der Waals surface area contributed by atoms with Crippen molar-refractivity contribution in [3.05, 3.63) is 65.7 Å². The molecule has 0 aliphatic heterocycles. The molecule has 7 nitrogen and oxygen atoms in total. The summed E-state index contributed by atoms with van der Waals surface area (Å²) in [5.41, 5.74) is 0.561. The molecule has 0 aliphatic carbocycles. The van der Waals surface area contributed by atoms with Gasteiger partial charge in [-0.25, -0.2) is 9.59 Å². The van der Waals surface area contributed by atoms with Crippen molar-refractivity contribution < 1.29 is 34.4 Å². The number of aromatic hydroxyl groups is 1. The quantitative estimate of drug-likeness (QED) is 0.316. The van der Waals surface area contributed by atoms with E-state index in [2.05, 4.69) is 0 Å². The van der Waals surface area contributed by atoms with E-state index in [0.717, 1.165) is 6.08 Å². The van der Waals surface area contributed by atoms with Gasteiger partial charge in [0.05, 0.1) is 0 Å². The number of benzene rings is 2. The molecular formula is C18H14O7. The van der Waals surface area contributed by atoms with Crippen LogP contribution in [-0.4, -0.2) is 33.0 Å². The van der Waals surface area contributed by atoms with E-state index in [9.17, 15) is 24.6 Å². The molecular weight excluding hydrogens is 328 g/mol. The summed E-state index contributed by atoms with van der Waals surface area (Å²) in [6.45, 7) is 0. The molecule has 0 amide bonds. The third-order valence-corrected chi connectivity index (χ3v) is 3.17. The maximum absolute atomic E-state index is 12.0. The minimum atomic E-state index is -1.69. The number of ether oxygens (including phenoxy) is 1. The van der Waals surface area contributed by atoms with Crippen LogP contribution in [0, 0.1) is 0 Å². The lowest BCUT2D eigenvalue weighted by molar-refractivity contribution is -0.151. The summed E-state index contributed by atoms with van der Waals surface area (Å²) in [6, 6.07) is 11.6. The van der Waals surface area contributed by atoms with Crippen molar-refractivity contribution in [2.75, 3.05) is 0 Å². The zero-order valence-electron chi connectivity index (χ0n) is 12.8. The number of carbonyl (C=O) groups excluding carboxylic acids is 2. The minimum Gasteiger partial charge on any atom is -0.504 e. The molecule has 2 aromatic carbocycles. The number of phenols is 1. The molecule has 0 bridgehead atoms. The summed E-state index contributed by atoms with van der Waals surface area (Å²) in [4.78, 5) is 34.4. The van der Waals surface area contributed by atoms with Crippen LogP contribution in [0.4, 0.5) is 0 Å². The third-order valence-electron chi connectivity index (χ3n) is 3.17. The van der Waals surface area contributed by atoms with E-state index in [-0.39, 0.29) is 11.3 Å². The molecule has 0 radical (unpaired) electrons. The molecule has 128 valence electrons. The number of aliphatic carboxylic acids is 1. The number of carboxylic acid groups (broad SMARTS) is 1. The van der Waals surface area contributed by atoms with E-state index in [1.807, 2.05) is 0 Å². The third kappa shape index (κ3) is 4.76. The molecule has 1 atom stereocenters. The highest BCUT2D eigenvalue weighted by atomic mass is 16.5. The van der Waals surface area contributed by atoms with Crippen LogP contribution in [0.15, 0.2) is 54.6 Å². The van der Waals surface area contributed by atoms with Gasteiger partial charge in [0.2, 0.25) is 0 Å². The van der Waals surface area contributed by atoms with Crippen molar-refractivity contribution in [1.29, 1.82) is 0 Å². The smallest absolute Gasteiger partial charge is 0.383 e. The van der Waals surface area contributed by atoms with E-state index in [0.29, 0.717) is 5.56 Å². The summed E-state index contributed by atoms with van der Waals surface area (Å²) < 4.78 is 4.82. The predicted octanol–water partition coefficient (Wildman–Crippen LogP) is 1.70. The first-order chi connectivity index (χ1) is 11.9. The van der Waals surface area contributed by atoms with Gasteiger partial charge in [0.15, 0.2) is 11.5 Å². The molecule has 0 aliphatic rings. The van der Waals surface area contributed by atoms with Crippen molar-refractivity contribution in [1.82, 2.24) is 0 Å². The SMILES string of the molecule is O=C(O)C=Cc1ccc(O)c(OC(=O)C(=O)C(O)c2ccccc2)c1. The highest BCUT2D eigenvalue weighted by molar-refractivity contribution is 6.35. The van der Waals surface area contributed by atoms with Crippen molar-refractivity contribution in [3.63, 3.8) is 0 Å². The molecule has 0 aromatic heterocycles. The summed E-state index contributed by atoms with van der Waals surface area (Å²) in [6.07, 6.45) is 0.396. The van der Waals surface area contributed by atoms with Gasteiger partial charge in [-0.3, -0.25) is 4.79 Å². The van der Waals surface area contributed by atoms with Crippen LogP contribution >= 0.6 is 0 Å². The summed E-state index contributed by atoms with van der Waals surface area (Å²) in [5.74, 6) is -4.47. The van der Waals surface area contributed by atoms with E-state index in [1.165, 1.54) is 36.4 Å². The molecule has 2 rings (SSSR count). The van der Waals surface area contributed by atoms with Gasteiger partial charge >= 0.3 is 11.9 Å². The Labute approximate surface area is 142 Å². The molecule has 0 saturated carbocycles. The number of hydrogen-bond donors (Lipinski definition) is 3. The van der Waals surface area contributed by atoms with E-state index in [1.54, 1.807) is 18.2 Å². The number of phenolic OH excluding ortho intramolecular Hbond substituents is 1. The van der Waals surface area contributed by atoms with Crippen LogP contribution in [0.3, 0.4) is 0 Å². The summed E-state index contributed by atoms with van der Waals surface area (Å²) in [5, 5.41) is 28.2. The number of hydrogen-bond acceptors (Lipinski definition) is 6. The van der Waals surface area contributed by atoms with Crippen molar-refractivity contribution in [3.8, 4) is 11.5 Å². The standard InChI is InChI=1S/C18H14O7/c19-13-8-6-11(7-9-15(20)21)10-14(13)25-18(24)17(23)16(22)12-4-2-1-3-5-12/h1-10,16,19,22H,(H,20,21). The maximum Gasteiger partial charge on any atom is 0.383 e. The second-order valence-corrected chi connectivity index (χ2v) is 4.97. The van der Waals surface area contributed by atoms with Gasteiger partial charge in [0.25, 0.3) is 5.78 Å². The van der Waals surface area contributed by atoms with Gasteiger partial charge < -0.3 is 20.1 Å². The van der Waals surface area contributed by atoms with Gasteiger partial charge in [-0.1, -0.05) is 36.4 Å². The summed E-state index contributed by atoms with van der Waals surface area (Å²) in [7, 11) is 0. The van der Waals surface area contributed by atoms with Crippen LogP contribution in [-0.2, 0) is 14.4 Å². The van der Waals surface area contributed by atoms with Gasteiger partial charge in [-0.2, -0.15) is 0 Å². The fraction of sp³-hybridized carbons (Fsp3) is 0.0556. The number of aliphatic hydroxyl groups excluding tert-OH is 1. The number of carboxylic acids is 1. The number of rotatable bonds is 6. The van der Waals surface area contributed by atoms with E-state index in [4.69, 9.17) is 9.84 Å². The monoisotopic (exact) mass is 342 g/mol. The van der Waals surface area contributed by atoms with Gasteiger partial charge in [-0.15, -0.1) is 0 Å². The van der Waals surface area contributed by atoms with Crippen molar-refractivity contribution in [2.45, 2.75) is 6.10 Å². The Morgan fingerprint density at radius 3 is 2.36 bits per heavy atom. The summed E-state index contributed by atoms with van der Waals surface area (Å²) >= 11 is 0. The normalized spacial score (nSPS) is 11.9. The zero-order chi connectivity index (χ0) is 18.4. The van der Waals surface area contributed by atoms with Crippen LogP contribution in [0.2, 0.25) is 0 Å². The van der Waals surface area contributed by atoms with Crippen LogP contribution in [0.1, 0.15) is 17.2 Å². The molecule has 0 heterocycles. The highest BCUT2D eigenvalue weighted by Gasteiger charge is 2.27. The first-order valence-corrected chi connectivity index (χ1v) is 7.11. The fourth-order valence-corrected chi connectivity index (χ4v) is 1.93. The van der Waals surface area contributed by atoms with Crippen LogP contribution in [0.25, 0.3) is 6.08 Å². The van der Waals surface area contributed by atoms with Crippen molar-refractivity contribution in [2.24, 2.45) is 0 Å². The minimum absolute atomic E-state index is 0.229. The topological polar surface area (TPSA) is 121 Å². The molecule has 1 unspecified atom stereocenters. The van der Waals surface area contributed by atoms with Gasteiger partial charge in [0.1, 0.15) is 6.10 Å². The maximum atomic E-state index is 12.0. The number of esters is 1. The van der Waals surface area contributed by atoms with Gasteiger partial charge in [-0.05, 0) is 29.3 Å². The van der Waals surface area contributed by atoms with Gasteiger partial charge in [0, 0.05) is 6.08 Å². The Morgan fingerprint density at radius 1 is 1.04 bits per heavy atom. The highest BCUT2D eigenvalue weighted by Crippen LogP contribution is 2.28. The van der Waals surface area contributed by atoms with Crippen molar-refractivity contribution >= 4 is 23.8 Å². The molecule has 2 aromatic rings. The van der Waals surface area contributed by atoms with E-state index >= 15 is 0 Å². The molecule has 0 spiro atoms. The lowest BCUT2D eigenvalue weighted by Gasteiger charge is -2.10. The second-order valence-electron chi connectivity index (χ2n) is 4.97. The first-order valence-electron chi connectivity index (χ1n) is 7.11. The molecule has 0 saturated heterocycles. The average Bonchev–Trinajstić information content (AvgIpc) is 2.61. The Kier molecular flexibility index (Phi) is 5.65. The zero-order valence-corrected chi connectivity index (χ0v) is 12.8. The molecule has 25 heavy (non-hydrogen) atoms. The first kappa shape index (κ1) is 17.9. The Morgan fingerprint density at radius 2 is 1.72 bits per heavy atom. The molecule has 7 heteroatoms.